The van der Waals surface area contributed by atoms with Crippen LogP contribution in [0.1, 0.15) is 12.5 Å². The molecule has 0 saturated heterocycles. The van der Waals surface area contributed by atoms with E-state index in [2.05, 4.69) is 72.3 Å². The molecule has 2 aromatic carbocycles. The molecule has 0 N–H and O–H groups in total. The zero-order valence-electron chi connectivity index (χ0n) is 13.4. The number of anilines is 2. The lowest BCUT2D eigenvalue weighted by atomic mass is 10.1. The summed E-state index contributed by atoms with van der Waals surface area (Å²) in [5.41, 5.74) is 5.84. The largest absolute Gasteiger partial charge is 0.378 e. The van der Waals surface area contributed by atoms with Crippen LogP contribution in [0, 0.1) is 0 Å². The Labute approximate surface area is 143 Å². The monoisotopic (exact) mass is 359 g/mol. The quantitative estimate of drug-likeness (QED) is 0.796. The van der Waals surface area contributed by atoms with Crippen molar-refractivity contribution in [3.8, 4) is 0 Å². The van der Waals surface area contributed by atoms with E-state index in [0.717, 1.165) is 11.4 Å². The molecule has 0 fully saturated rings. The Bertz CT molecular complexity index is 677. The molecule has 1 heterocycles. The summed E-state index contributed by atoms with van der Waals surface area (Å²) >= 11 is 0. The second kappa shape index (κ2) is 6.53. The van der Waals surface area contributed by atoms with Crippen molar-refractivity contribution in [2.45, 2.75) is 13.0 Å². The molecule has 4 heteroatoms. The number of hydrogen-bond donors (Lipinski definition) is 0. The first-order valence-electron chi connectivity index (χ1n) is 7.26. The molecule has 0 aromatic heterocycles. The van der Waals surface area contributed by atoms with Gasteiger partial charge in [0.05, 0.1) is 17.4 Å². The molecule has 3 rings (SSSR count). The minimum absolute atomic E-state index is 0. The zero-order chi connectivity index (χ0) is 15.0. The van der Waals surface area contributed by atoms with Crippen molar-refractivity contribution in [1.82, 2.24) is 0 Å². The molecule has 0 aliphatic carbocycles. The number of nitrogens with zero attached hydrogens (tertiary/aromatic N) is 3. The van der Waals surface area contributed by atoms with Gasteiger partial charge in [-0.3, -0.25) is 4.99 Å². The second-order valence-corrected chi connectivity index (χ2v) is 5.71. The highest BCUT2D eigenvalue weighted by Gasteiger charge is 2.28. The molecule has 116 valence electrons. The van der Waals surface area contributed by atoms with Crippen molar-refractivity contribution in [1.29, 1.82) is 0 Å². The van der Waals surface area contributed by atoms with Gasteiger partial charge in [0.1, 0.15) is 0 Å². The molecule has 1 atom stereocenters. The van der Waals surface area contributed by atoms with Gasteiger partial charge in [-0.15, -0.1) is 17.0 Å². The molecule has 0 radical (unpaired) electrons. The fourth-order valence-corrected chi connectivity index (χ4v) is 2.73. The normalized spacial score (nSPS) is 18.1. The second-order valence-electron chi connectivity index (χ2n) is 5.71. The molecule has 3 nitrogen and oxygen atoms in total. The van der Waals surface area contributed by atoms with Gasteiger partial charge >= 0.3 is 0 Å². The standard InChI is InChI=1S/C18H21N3.BrH/c1-13-18(16-7-5-6-8-17(16)21(13)4)19-14-9-11-15(12-10-14)20(2)3;/h5-13H,1-4H3;1H/b19-18+;. The van der Waals surface area contributed by atoms with Crippen LogP contribution in [0.2, 0.25) is 0 Å². The van der Waals surface area contributed by atoms with Crippen LogP contribution in [0.4, 0.5) is 17.1 Å². The predicted octanol–water partition coefficient (Wildman–Crippen LogP) is 4.29. The van der Waals surface area contributed by atoms with Gasteiger partial charge in [0.15, 0.2) is 0 Å². The summed E-state index contributed by atoms with van der Waals surface area (Å²) in [7, 11) is 6.22. The van der Waals surface area contributed by atoms with Crippen LogP contribution < -0.4 is 9.80 Å². The number of hydrogen-bond acceptors (Lipinski definition) is 3. The highest BCUT2D eigenvalue weighted by atomic mass is 79.9. The molecule has 0 amide bonds. The first kappa shape index (κ1) is 16.6. The molecule has 0 bridgehead atoms. The number of benzene rings is 2. The summed E-state index contributed by atoms with van der Waals surface area (Å²) in [6, 6.07) is 17.1. The van der Waals surface area contributed by atoms with Gasteiger partial charge in [-0.2, -0.15) is 0 Å². The highest BCUT2D eigenvalue weighted by molar-refractivity contribution is 8.93. The Balaban J connectivity index is 0.00000176. The Hall–Kier alpha value is -1.81. The number of para-hydroxylation sites is 1. The molecular formula is C18H22BrN3. The van der Waals surface area contributed by atoms with E-state index in [9.17, 15) is 0 Å². The van der Waals surface area contributed by atoms with Gasteiger partial charge in [0, 0.05) is 38.1 Å². The lowest BCUT2D eigenvalue weighted by molar-refractivity contribution is 0.888. The maximum Gasteiger partial charge on any atom is 0.0725 e. The molecule has 22 heavy (non-hydrogen) atoms. The average molecular weight is 360 g/mol. The number of likely N-dealkylation sites (N-methyl/N-ethyl adjacent to an activating group) is 1. The molecule has 1 aliphatic heterocycles. The molecule has 2 aromatic rings. The number of aliphatic imine (C=N–C) groups is 1. The lowest BCUT2D eigenvalue weighted by Crippen LogP contribution is -2.28. The Kier molecular flexibility index (Phi) is 4.91. The molecule has 1 unspecified atom stereocenters. The van der Waals surface area contributed by atoms with Crippen molar-refractivity contribution in [2.75, 3.05) is 30.9 Å². The molecule has 1 aliphatic rings. The fourth-order valence-electron chi connectivity index (χ4n) is 2.73. The van der Waals surface area contributed by atoms with Crippen LogP contribution in [0.25, 0.3) is 0 Å². The third-order valence-electron chi connectivity index (χ3n) is 4.15. The predicted molar refractivity (Wildman–Crippen MR) is 102 cm³/mol. The van der Waals surface area contributed by atoms with Crippen LogP contribution in [-0.2, 0) is 0 Å². The van der Waals surface area contributed by atoms with Crippen molar-refractivity contribution < 1.29 is 0 Å². The maximum atomic E-state index is 4.89. The van der Waals surface area contributed by atoms with E-state index in [-0.39, 0.29) is 17.0 Å². The van der Waals surface area contributed by atoms with Gasteiger partial charge < -0.3 is 9.80 Å². The number of halogens is 1. The Morgan fingerprint density at radius 1 is 1.00 bits per heavy atom. The van der Waals surface area contributed by atoms with E-state index >= 15 is 0 Å². The first-order valence-corrected chi connectivity index (χ1v) is 7.26. The van der Waals surface area contributed by atoms with Gasteiger partial charge in [-0.1, -0.05) is 18.2 Å². The van der Waals surface area contributed by atoms with Crippen molar-refractivity contribution >= 4 is 39.8 Å². The Morgan fingerprint density at radius 2 is 1.64 bits per heavy atom. The van der Waals surface area contributed by atoms with Gasteiger partial charge in [0.2, 0.25) is 0 Å². The van der Waals surface area contributed by atoms with E-state index < -0.39 is 0 Å². The van der Waals surface area contributed by atoms with Crippen molar-refractivity contribution in [2.24, 2.45) is 4.99 Å². The minimum atomic E-state index is 0. The summed E-state index contributed by atoms with van der Waals surface area (Å²) in [6.07, 6.45) is 0. The third kappa shape index (κ3) is 2.88. The van der Waals surface area contributed by atoms with Gasteiger partial charge in [-0.25, -0.2) is 0 Å². The topological polar surface area (TPSA) is 18.8 Å². The van der Waals surface area contributed by atoms with Crippen LogP contribution in [0.3, 0.4) is 0 Å². The zero-order valence-corrected chi connectivity index (χ0v) is 15.2. The van der Waals surface area contributed by atoms with Gasteiger partial charge in [-0.05, 0) is 37.3 Å². The summed E-state index contributed by atoms with van der Waals surface area (Å²) in [4.78, 5) is 9.26. The first-order chi connectivity index (χ1) is 10.1. The fraction of sp³-hybridized carbons (Fsp3) is 0.278. The van der Waals surface area contributed by atoms with E-state index in [1.807, 2.05) is 14.1 Å². The van der Waals surface area contributed by atoms with Crippen molar-refractivity contribution in [3.05, 3.63) is 54.1 Å². The van der Waals surface area contributed by atoms with Crippen LogP contribution in [0.15, 0.2) is 53.5 Å². The highest BCUT2D eigenvalue weighted by Crippen LogP contribution is 2.32. The SMILES string of the molecule is Br.CC1/C(=N\c2ccc(N(C)C)cc2)c2ccccc2N1C. The van der Waals surface area contributed by atoms with Crippen LogP contribution >= 0.6 is 17.0 Å². The van der Waals surface area contributed by atoms with E-state index in [4.69, 9.17) is 4.99 Å². The molecule has 0 spiro atoms. The molecule has 0 saturated carbocycles. The lowest BCUT2D eigenvalue weighted by Gasteiger charge is -2.18. The van der Waals surface area contributed by atoms with Crippen LogP contribution in [-0.4, -0.2) is 32.9 Å². The number of rotatable bonds is 2. The summed E-state index contributed by atoms with van der Waals surface area (Å²) in [5, 5.41) is 0. The third-order valence-corrected chi connectivity index (χ3v) is 4.15. The summed E-state index contributed by atoms with van der Waals surface area (Å²) < 4.78 is 0. The van der Waals surface area contributed by atoms with E-state index in [1.54, 1.807) is 0 Å². The number of fused-ring (bicyclic) bond motifs is 1. The minimum Gasteiger partial charge on any atom is -0.378 e. The average Bonchev–Trinajstić information content (AvgIpc) is 2.73. The van der Waals surface area contributed by atoms with E-state index in [0.29, 0.717) is 6.04 Å². The summed E-state index contributed by atoms with van der Waals surface area (Å²) in [6.45, 7) is 2.20. The molecular weight excluding hydrogens is 338 g/mol. The summed E-state index contributed by atoms with van der Waals surface area (Å²) in [5.74, 6) is 0. The Morgan fingerprint density at radius 3 is 2.27 bits per heavy atom. The smallest absolute Gasteiger partial charge is 0.0725 e. The maximum absolute atomic E-state index is 4.89. The van der Waals surface area contributed by atoms with Gasteiger partial charge in [0.25, 0.3) is 0 Å². The van der Waals surface area contributed by atoms with E-state index in [1.165, 1.54) is 16.9 Å². The van der Waals surface area contributed by atoms with Crippen molar-refractivity contribution in [3.63, 3.8) is 0 Å². The van der Waals surface area contributed by atoms with Crippen LogP contribution in [0.5, 0.6) is 0 Å².